The van der Waals surface area contributed by atoms with Gasteiger partial charge in [0.1, 0.15) is 5.65 Å². The minimum Gasteiger partial charge on any atom is -0.293 e. The van der Waals surface area contributed by atoms with Gasteiger partial charge in [-0.15, -0.1) is 0 Å². The van der Waals surface area contributed by atoms with Crippen LogP contribution in [0.15, 0.2) is 170 Å². The molecule has 6 heteroatoms. The second-order valence-corrected chi connectivity index (χ2v) is 12.3. The summed E-state index contributed by atoms with van der Waals surface area (Å²) in [6.07, 6.45) is 0. The third kappa shape index (κ3) is 4.43. The Hall–Kier alpha value is -6.92. The van der Waals surface area contributed by atoms with E-state index in [0.29, 0.717) is 17.6 Å². The molecule has 0 aliphatic carbocycles. The number of hydrogen-bond acceptors (Lipinski definition) is 4. The maximum atomic E-state index is 5.29. The monoisotopic (exact) mass is 640 g/mol. The summed E-state index contributed by atoms with van der Waals surface area (Å²) in [5.74, 6) is 1.75. The molecule has 0 saturated carbocycles. The predicted octanol–water partition coefficient (Wildman–Crippen LogP) is 10.5. The molecule has 0 fully saturated rings. The summed E-state index contributed by atoms with van der Waals surface area (Å²) in [4.78, 5) is 20.9. The van der Waals surface area contributed by atoms with Crippen molar-refractivity contribution in [1.29, 1.82) is 0 Å². The van der Waals surface area contributed by atoms with Crippen molar-refractivity contribution in [3.63, 3.8) is 0 Å². The smallest absolute Gasteiger partial charge is 0.238 e. The first-order valence-electron chi connectivity index (χ1n) is 16.7. The van der Waals surface area contributed by atoms with E-state index in [2.05, 4.69) is 124 Å². The quantitative estimate of drug-likeness (QED) is 0.188. The first-order valence-corrected chi connectivity index (χ1v) is 16.7. The molecule has 234 valence electrons. The maximum absolute atomic E-state index is 5.29. The van der Waals surface area contributed by atoms with Crippen molar-refractivity contribution in [2.24, 2.45) is 0 Å². The van der Waals surface area contributed by atoms with Gasteiger partial charge in [0, 0.05) is 38.2 Å². The van der Waals surface area contributed by atoms with Crippen LogP contribution in [0, 0.1) is 0 Å². The standard InChI is InChI=1S/C44H28N6/c1-3-15-29(16-4-1)36-28-27-34-33-21-9-11-23-37(33)49(43(34)45-36)40-26-14-10-22-35(40)42-46-41(30-17-5-2-6-18-30)47-44(48-42)50-38-24-12-7-19-31(38)32-20-8-13-25-39(32)50/h1-28H. The van der Waals surface area contributed by atoms with Gasteiger partial charge in [-0.3, -0.25) is 9.13 Å². The molecule has 4 heterocycles. The Morgan fingerprint density at radius 1 is 0.340 bits per heavy atom. The van der Waals surface area contributed by atoms with E-state index in [4.69, 9.17) is 19.9 Å². The summed E-state index contributed by atoms with van der Waals surface area (Å²) >= 11 is 0. The van der Waals surface area contributed by atoms with E-state index in [9.17, 15) is 0 Å². The van der Waals surface area contributed by atoms with Gasteiger partial charge in [-0.25, -0.2) is 9.97 Å². The highest BCUT2D eigenvalue weighted by Gasteiger charge is 2.21. The fourth-order valence-corrected chi connectivity index (χ4v) is 7.15. The Balaban J connectivity index is 1.27. The molecule has 0 radical (unpaired) electrons. The van der Waals surface area contributed by atoms with Gasteiger partial charge in [0.2, 0.25) is 5.95 Å². The minimum absolute atomic E-state index is 0.563. The third-order valence-corrected chi connectivity index (χ3v) is 9.41. The summed E-state index contributed by atoms with van der Waals surface area (Å²) in [6, 6.07) is 58.4. The first-order chi connectivity index (χ1) is 24.8. The maximum Gasteiger partial charge on any atom is 0.238 e. The third-order valence-electron chi connectivity index (χ3n) is 9.41. The number of aromatic nitrogens is 6. The topological polar surface area (TPSA) is 61.4 Å². The molecule has 6 aromatic carbocycles. The Bertz CT molecular complexity index is 2820. The van der Waals surface area contributed by atoms with Crippen LogP contribution in [0.5, 0.6) is 0 Å². The molecule has 0 atom stereocenters. The number of nitrogens with zero attached hydrogens (tertiary/aromatic N) is 6. The molecule has 6 nitrogen and oxygen atoms in total. The van der Waals surface area contributed by atoms with Crippen molar-refractivity contribution in [2.45, 2.75) is 0 Å². The molecule has 0 bridgehead atoms. The number of benzene rings is 6. The fraction of sp³-hybridized carbons (Fsp3) is 0. The zero-order valence-corrected chi connectivity index (χ0v) is 26.8. The van der Waals surface area contributed by atoms with Crippen molar-refractivity contribution in [3.05, 3.63) is 170 Å². The molecule has 50 heavy (non-hydrogen) atoms. The van der Waals surface area contributed by atoms with Crippen LogP contribution in [0.4, 0.5) is 0 Å². The van der Waals surface area contributed by atoms with E-state index < -0.39 is 0 Å². The van der Waals surface area contributed by atoms with Crippen molar-refractivity contribution < 1.29 is 0 Å². The lowest BCUT2D eigenvalue weighted by Gasteiger charge is -2.15. The molecule has 0 aliphatic heterocycles. The van der Waals surface area contributed by atoms with Crippen LogP contribution in [-0.4, -0.2) is 29.1 Å². The number of rotatable bonds is 5. The number of hydrogen-bond donors (Lipinski definition) is 0. The molecule has 4 aromatic heterocycles. The molecule has 0 amide bonds. The molecule has 0 saturated heterocycles. The normalized spacial score (nSPS) is 11.6. The molecule has 10 aromatic rings. The van der Waals surface area contributed by atoms with Gasteiger partial charge >= 0.3 is 0 Å². The summed E-state index contributed by atoms with van der Waals surface area (Å²) in [5, 5.41) is 4.52. The largest absolute Gasteiger partial charge is 0.293 e. The second-order valence-electron chi connectivity index (χ2n) is 12.3. The molecule has 10 rings (SSSR count). The number of para-hydroxylation sites is 4. The van der Waals surface area contributed by atoms with Gasteiger partial charge in [-0.05, 0) is 42.5 Å². The van der Waals surface area contributed by atoms with Crippen LogP contribution in [0.2, 0.25) is 0 Å². The lowest BCUT2D eigenvalue weighted by Crippen LogP contribution is -2.08. The van der Waals surface area contributed by atoms with Crippen molar-refractivity contribution in [1.82, 2.24) is 29.1 Å². The predicted molar refractivity (Wildman–Crippen MR) is 203 cm³/mol. The Morgan fingerprint density at radius 2 is 0.860 bits per heavy atom. The highest BCUT2D eigenvalue weighted by atomic mass is 15.2. The molecule has 0 aliphatic rings. The Morgan fingerprint density at radius 3 is 1.54 bits per heavy atom. The lowest BCUT2D eigenvalue weighted by molar-refractivity contribution is 0.951. The summed E-state index contributed by atoms with van der Waals surface area (Å²) in [6.45, 7) is 0. The molecular weight excluding hydrogens is 613 g/mol. The van der Waals surface area contributed by atoms with Gasteiger partial charge in [0.05, 0.1) is 27.9 Å². The van der Waals surface area contributed by atoms with Crippen LogP contribution in [0.3, 0.4) is 0 Å². The summed E-state index contributed by atoms with van der Waals surface area (Å²) in [7, 11) is 0. The summed E-state index contributed by atoms with van der Waals surface area (Å²) < 4.78 is 4.40. The van der Waals surface area contributed by atoms with Gasteiger partial charge < -0.3 is 0 Å². The lowest BCUT2D eigenvalue weighted by atomic mass is 10.1. The van der Waals surface area contributed by atoms with Crippen LogP contribution in [0.1, 0.15) is 0 Å². The summed E-state index contributed by atoms with van der Waals surface area (Å²) in [5.41, 5.74) is 8.74. The van der Waals surface area contributed by atoms with Gasteiger partial charge in [0.25, 0.3) is 0 Å². The zero-order valence-electron chi connectivity index (χ0n) is 26.8. The first kappa shape index (κ1) is 28.1. The van der Waals surface area contributed by atoms with E-state index >= 15 is 0 Å². The van der Waals surface area contributed by atoms with Crippen LogP contribution in [-0.2, 0) is 0 Å². The van der Waals surface area contributed by atoms with Crippen LogP contribution in [0.25, 0.3) is 89.4 Å². The van der Waals surface area contributed by atoms with Crippen LogP contribution < -0.4 is 0 Å². The van der Waals surface area contributed by atoms with Crippen molar-refractivity contribution in [3.8, 4) is 45.7 Å². The zero-order chi connectivity index (χ0) is 33.0. The van der Waals surface area contributed by atoms with Crippen molar-refractivity contribution in [2.75, 3.05) is 0 Å². The fourth-order valence-electron chi connectivity index (χ4n) is 7.15. The van der Waals surface area contributed by atoms with E-state index in [1.807, 2.05) is 54.6 Å². The van der Waals surface area contributed by atoms with Gasteiger partial charge in [0.15, 0.2) is 11.6 Å². The highest BCUT2D eigenvalue weighted by molar-refractivity contribution is 6.10. The van der Waals surface area contributed by atoms with Crippen LogP contribution >= 0.6 is 0 Å². The van der Waals surface area contributed by atoms with E-state index in [0.717, 1.165) is 71.8 Å². The highest BCUT2D eigenvalue weighted by Crippen LogP contribution is 2.37. The van der Waals surface area contributed by atoms with E-state index in [1.165, 1.54) is 0 Å². The average molecular weight is 641 g/mol. The molecule has 0 spiro atoms. The molecule has 0 unspecified atom stereocenters. The second kappa shape index (κ2) is 11.4. The Labute approximate surface area is 287 Å². The molecular formula is C44H28N6. The molecule has 0 N–H and O–H groups in total. The Kier molecular flexibility index (Phi) is 6.39. The number of pyridine rings is 1. The van der Waals surface area contributed by atoms with Gasteiger partial charge in [-0.2, -0.15) is 9.97 Å². The van der Waals surface area contributed by atoms with E-state index in [1.54, 1.807) is 0 Å². The van der Waals surface area contributed by atoms with Crippen molar-refractivity contribution >= 4 is 43.7 Å². The SMILES string of the molecule is c1ccc(-c2ccc3c4ccccc4n(-c4ccccc4-c4nc(-c5ccccc5)nc(-n5c6ccccc6c6ccccc65)n4)c3n2)cc1. The minimum atomic E-state index is 0.563. The van der Waals surface area contributed by atoms with Gasteiger partial charge in [-0.1, -0.05) is 127 Å². The average Bonchev–Trinajstić information content (AvgIpc) is 3.71. The van der Waals surface area contributed by atoms with E-state index in [-0.39, 0.29) is 0 Å². The number of fused-ring (bicyclic) bond motifs is 6.